The van der Waals surface area contributed by atoms with Crippen LogP contribution in [0.5, 0.6) is 0 Å². The molecule has 1 heterocycles. The molecule has 2 rings (SSSR count). The second kappa shape index (κ2) is 7.94. The first kappa shape index (κ1) is 17.2. The van der Waals surface area contributed by atoms with Crippen LogP contribution in [-0.2, 0) is 10.2 Å². The van der Waals surface area contributed by atoms with Gasteiger partial charge in [0.05, 0.1) is 0 Å². The van der Waals surface area contributed by atoms with Gasteiger partial charge in [-0.3, -0.25) is 0 Å². The zero-order valence-electron chi connectivity index (χ0n) is 13.5. The maximum absolute atomic E-state index is 12.1. The summed E-state index contributed by atoms with van der Waals surface area (Å²) >= 11 is 0. The van der Waals surface area contributed by atoms with Gasteiger partial charge < -0.3 is 4.90 Å². The highest BCUT2D eigenvalue weighted by Gasteiger charge is 2.25. The molecule has 0 aliphatic carbocycles. The Kier molecular flexibility index (Phi) is 6.23. The van der Waals surface area contributed by atoms with Gasteiger partial charge in [-0.05, 0) is 30.9 Å². The predicted octanol–water partition coefficient (Wildman–Crippen LogP) is 2.08. The standard InChI is InChI=1S/C16H27N3O2S/c1-3-4-11-18(2)22(20,21)17-13-15-10-12-19(14-15)16-8-6-5-7-9-16/h5-9,15,17H,3-4,10-14H2,1-2H3. The van der Waals surface area contributed by atoms with E-state index in [0.717, 1.165) is 32.4 Å². The van der Waals surface area contributed by atoms with Gasteiger partial charge in [0, 0.05) is 38.9 Å². The molecule has 1 unspecified atom stereocenters. The molecule has 1 aliphatic rings. The van der Waals surface area contributed by atoms with Gasteiger partial charge in [-0.1, -0.05) is 31.5 Å². The average molecular weight is 325 g/mol. The van der Waals surface area contributed by atoms with Crippen molar-refractivity contribution < 1.29 is 8.42 Å². The van der Waals surface area contributed by atoms with Crippen molar-refractivity contribution in [1.82, 2.24) is 9.03 Å². The van der Waals surface area contributed by atoms with E-state index in [1.54, 1.807) is 7.05 Å². The van der Waals surface area contributed by atoms with Gasteiger partial charge in [0.1, 0.15) is 0 Å². The van der Waals surface area contributed by atoms with E-state index in [9.17, 15) is 8.42 Å². The molecule has 5 nitrogen and oxygen atoms in total. The summed E-state index contributed by atoms with van der Waals surface area (Å²) in [5.41, 5.74) is 1.22. The number of benzene rings is 1. The predicted molar refractivity (Wildman–Crippen MR) is 91.2 cm³/mol. The number of para-hydroxylation sites is 1. The molecular formula is C16H27N3O2S. The molecule has 1 saturated heterocycles. The molecule has 1 fully saturated rings. The second-order valence-electron chi connectivity index (χ2n) is 5.96. The van der Waals surface area contributed by atoms with Crippen LogP contribution in [0.4, 0.5) is 5.69 Å². The fourth-order valence-electron chi connectivity index (χ4n) is 2.71. The van der Waals surface area contributed by atoms with Crippen molar-refractivity contribution in [3.63, 3.8) is 0 Å². The summed E-state index contributed by atoms with van der Waals surface area (Å²) in [6, 6.07) is 10.3. The fraction of sp³-hybridized carbons (Fsp3) is 0.625. The van der Waals surface area contributed by atoms with Crippen LogP contribution in [0.15, 0.2) is 30.3 Å². The SMILES string of the molecule is CCCCN(C)S(=O)(=O)NCC1CCN(c2ccccc2)C1. The topological polar surface area (TPSA) is 52.7 Å². The summed E-state index contributed by atoms with van der Waals surface area (Å²) in [6.07, 6.45) is 2.91. The molecular weight excluding hydrogens is 298 g/mol. The summed E-state index contributed by atoms with van der Waals surface area (Å²) in [4.78, 5) is 2.32. The zero-order valence-corrected chi connectivity index (χ0v) is 14.3. The smallest absolute Gasteiger partial charge is 0.279 e. The highest BCUT2D eigenvalue weighted by atomic mass is 32.2. The molecule has 6 heteroatoms. The van der Waals surface area contributed by atoms with Crippen molar-refractivity contribution in [2.75, 3.05) is 38.1 Å². The van der Waals surface area contributed by atoms with E-state index in [4.69, 9.17) is 0 Å². The minimum atomic E-state index is -3.34. The first-order valence-corrected chi connectivity index (χ1v) is 9.48. The lowest BCUT2D eigenvalue weighted by molar-refractivity contribution is 0.441. The summed E-state index contributed by atoms with van der Waals surface area (Å²) < 4.78 is 28.5. The van der Waals surface area contributed by atoms with Crippen molar-refractivity contribution in [2.24, 2.45) is 5.92 Å². The van der Waals surface area contributed by atoms with Gasteiger partial charge in [-0.25, -0.2) is 4.72 Å². The van der Waals surface area contributed by atoms with Crippen molar-refractivity contribution in [2.45, 2.75) is 26.2 Å². The molecule has 0 saturated carbocycles. The second-order valence-corrected chi connectivity index (χ2v) is 7.83. The lowest BCUT2D eigenvalue weighted by Gasteiger charge is -2.20. The minimum Gasteiger partial charge on any atom is -0.371 e. The summed E-state index contributed by atoms with van der Waals surface area (Å²) in [6.45, 7) is 5.05. The van der Waals surface area contributed by atoms with E-state index in [2.05, 4.69) is 28.7 Å². The molecule has 0 radical (unpaired) electrons. The molecule has 0 aromatic heterocycles. The molecule has 0 spiro atoms. The van der Waals surface area contributed by atoms with Crippen LogP contribution >= 0.6 is 0 Å². The number of rotatable bonds is 8. The lowest BCUT2D eigenvalue weighted by Crippen LogP contribution is -2.41. The van der Waals surface area contributed by atoms with Crippen LogP contribution in [-0.4, -0.2) is 45.9 Å². The van der Waals surface area contributed by atoms with E-state index in [-0.39, 0.29) is 0 Å². The first-order valence-electron chi connectivity index (χ1n) is 8.04. The molecule has 1 aliphatic heterocycles. The number of nitrogens with one attached hydrogen (secondary N) is 1. The molecule has 0 amide bonds. The van der Waals surface area contributed by atoms with Crippen molar-refractivity contribution in [3.05, 3.63) is 30.3 Å². The third kappa shape index (κ3) is 4.69. The normalized spacial score (nSPS) is 19.0. The third-order valence-corrected chi connectivity index (χ3v) is 5.73. The zero-order chi connectivity index (χ0) is 16.0. The Hall–Kier alpha value is -1.11. The Morgan fingerprint density at radius 3 is 2.73 bits per heavy atom. The van der Waals surface area contributed by atoms with Crippen molar-refractivity contribution >= 4 is 15.9 Å². The molecule has 1 N–H and O–H groups in total. The van der Waals surface area contributed by atoms with Gasteiger partial charge in [-0.15, -0.1) is 0 Å². The Bertz CT molecular complexity index is 548. The lowest BCUT2D eigenvalue weighted by atomic mass is 10.1. The Balaban J connectivity index is 1.81. The van der Waals surface area contributed by atoms with Gasteiger partial charge in [0.2, 0.25) is 0 Å². The summed E-state index contributed by atoms with van der Waals surface area (Å²) in [7, 11) is -1.70. The fourth-order valence-corrected chi connectivity index (χ4v) is 3.74. The monoisotopic (exact) mass is 325 g/mol. The number of unbranched alkanes of at least 4 members (excludes halogenated alkanes) is 1. The van der Waals surface area contributed by atoms with Gasteiger partial charge in [-0.2, -0.15) is 12.7 Å². The van der Waals surface area contributed by atoms with E-state index in [1.165, 1.54) is 9.99 Å². The van der Waals surface area contributed by atoms with Crippen LogP contribution < -0.4 is 9.62 Å². The highest BCUT2D eigenvalue weighted by molar-refractivity contribution is 7.87. The van der Waals surface area contributed by atoms with E-state index in [1.807, 2.05) is 18.2 Å². The molecule has 1 aromatic carbocycles. The van der Waals surface area contributed by atoms with Crippen LogP contribution in [0.2, 0.25) is 0 Å². The van der Waals surface area contributed by atoms with Gasteiger partial charge >= 0.3 is 0 Å². The number of nitrogens with zero attached hydrogens (tertiary/aromatic N) is 2. The first-order chi connectivity index (χ1) is 10.5. The van der Waals surface area contributed by atoms with Crippen LogP contribution in [0.3, 0.4) is 0 Å². The van der Waals surface area contributed by atoms with E-state index < -0.39 is 10.2 Å². The largest absolute Gasteiger partial charge is 0.371 e. The van der Waals surface area contributed by atoms with E-state index in [0.29, 0.717) is 19.0 Å². The number of hydrogen-bond donors (Lipinski definition) is 1. The van der Waals surface area contributed by atoms with Gasteiger partial charge in [0.15, 0.2) is 0 Å². The number of anilines is 1. The number of hydrogen-bond acceptors (Lipinski definition) is 3. The van der Waals surface area contributed by atoms with Crippen LogP contribution in [0, 0.1) is 5.92 Å². The Morgan fingerprint density at radius 2 is 2.05 bits per heavy atom. The molecule has 1 aromatic rings. The van der Waals surface area contributed by atoms with Gasteiger partial charge in [0.25, 0.3) is 10.2 Å². The average Bonchev–Trinajstić information content (AvgIpc) is 3.00. The highest BCUT2D eigenvalue weighted by Crippen LogP contribution is 2.23. The molecule has 1 atom stereocenters. The summed E-state index contributed by atoms with van der Waals surface area (Å²) in [5.74, 6) is 0.370. The molecule has 124 valence electrons. The molecule has 0 bridgehead atoms. The van der Waals surface area contributed by atoms with Crippen molar-refractivity contribution in [3.8, 4) is 0 Å². The summed E-state index contributed by atoms with van der Waals surface area (Å²) in [5, 5.41) is 0. The maximum atomic E-state index is 12.1. The quantitative estimate of drug-likeness (QED) is 0.796. The Morgan fingerprint density at radius 1 is 1.32 bits per heavy atom. The van der Waals surface area contributed by atoms with Crippen LogP contribution in [0.1, 0.15) is 26.2 Å². The molecule has 22 heavy (non-hydrogen) atoms. The third-order valence-electron chi connectivity index (χ3n) is 4.20. The van der Waals surface area contributed by atoms with Crippen LogP contribution in [0.25, 0.3) is 0 Å². The Labute approximate surface area is 134 Å². The minimum absolute atomic E-state index is 0.370. The maximum Gasteiger partial charge on any atom is 0.279 e. The van der Waals surface area contributed by atoms with E-state index >= 15 is 0 Å². The van der Waals surface area contributed by atoms with Crippen molar-refractivity contribution in [1.29, 1.82) is 0 Å².